The second kappa shape index (κ2) is 6.89. The van der Waals surface area contributed by atoms with Crippen LogP contribution in [0.1, 0.15) is 39.5 Å². The summed E-state index contributed by atoms with van der Waals surface area (Å²) in [5.41, 5.74) is 0. The van der Waals surface area contributed by atoms with Crippen LogP contribution in [0.15, 0.2) is 0 Å². The quantitative estimate of drug-likeness (QED) is 0.791. The van der Waals surface area contributed by atoms with Crippen LogP contribution in [-0.2, 0) is 9.59 Å². The summed E-state index contributed by atoms with van der Waals surface area (Å²) in [4.78, 5) is 22.9. The Bertz CT molecular complexity index is 275. The second-order valence-corrected chi connectivity index (χ2v) is 6.19. The molecule has 0 bridgehead atoms. The van der Waals surface area contributed by atoms with Gasteiger partial charge in [-0.15, -0.1) is 11.8 Å². The van der Waals surface area contributed by atoms with Crippen LogP contribution in [0.4, 0.5) is 0 Å². The molecule has 0 spiro atoms. The van der Waals surface area contributed by atoms with Gasteiger partial charge in [0.1, 0.15) is 6.04 Å². The van der Waals surface area contributed by atoms with E-state index in [0.29, 0.717) is 6.42 Å². The zero-order valence-corrected chi connectivity index (χ0v) is 11.3. The van der Waals surface area contributed by atoms with E-state index in [9.17, 15) is 9.59 Å². The molecule has 17 heavy (non-hydrogen) atoms. The molecule has 0 saturated carbocycles. The van der Waals surface area contributed by atoms with Crippen molar-refractivity contribution in [3.63, 3.8) is 0 Å². The van der Waals surface area contributed by atoms with E-state index in [2.05, 4.69) is 5.32 Å². The van der Waals surface area contributed by atoms with E-state index < -0.39 is 12.0 Å². The number of hydrogen-bond acceptors (Lipinski definition) is 3. The third-order valence-corrected chi connectivity index (χ3v) is 4.17. The molecule has 0 aromatic carbocycles. The maximum absolute atomic E-state index is 11.9. The van der Waals surface area contributed by atoms with Crippen molar-refractivity contribution in [3.05, 3.63) is 0 Å². The summed E-state index contributed by atoms with van der Waals surface area (Å²) in [6, 6.07) is -0.745. The molecule has 1 amide bonds. The Kier molecular flexibility index (Phi) is 5.82. The number of rotatable bonds is 5. The van der Waals surface area contributed by atoms with Gasteiger partial charge in [0.2, 0.25) is 5.91 Å². The first-order valence-corrected chi connectivity index (χ1v) is 7.20. The Morgan fingerprint density at radius 3 is 2.59 bits per heavy atom. The Hall–Kier alpha value is -0.710. The Labute approximate surface area is 107 Å². The lowest BCUT2D eigenvalue weighted by Gasteiger charge is -2.23. The predicted molar refractivity (Wildman–Crippen MR) is 69.1 cm³/mol. The molecule has 98 valence electrons. The van der Waals surface area contributed by atoms with E-state index in [-0.39, 0.29) is 17.1 Å². The van der Waals surface area contributed by atoms with Crippen LogP contribution in [-0.4, -0.2) is 34.0 Å². The first kappa shape index (κ1) is 14.4. The monoisotopic (exact) mass is 259 g/mol. The van der Waals surface area contributed by atoms with Crippen molar-refractivity contribution >= 4 is 23.6 Å². The number of carboxylic acids is 1. The van der Waals surface area contributed by atoms with Crippen molar-refractivity contribution in [3.8, 4) is 0 Å². The van der Waals surface area contributed by atoms with Gasteiger partial charge < -0.3 is 10.4 Å². The zero-order valence-electron chi connectivity index (χ0n) is 10.4. The highest BCUT2D eigenvalue weighted by Gasteiger charge is 2.27. The molecule has 1 aliphatic rings. The minimum absolute atomic E-state index is 0.0576. The average Bonchev–Trinajstić information content (AvgIpc) is 2.28. The third kappa shape index (κ3) is 4.98. The molecule has 1 unspecified atom stereocenters. The minimum Gasteiger partial charge on any atom is -0.480 e. The molecule has 0 radical (unpaired) electrons. The molecule has 5 heteroatoms. The standard InChI is InChI=1S/C12H21NO3S/c1-8(2)7-9(12(15)16)13-11(14)10-5-3-4-6-17-10/h8-10H,3-7H2,1-2H3,(H,13,14)(H,15,16)/t9-,10?/m0/s1. The molecular weight excluding hydrogens is 238 g/mol. The van der Waals surface area contributed by atoms with Crippen LogP contribution in [0, 0.1) is 5.92 Å². The topological polar surface area (TPSA) is 66.4 Å². The zero-order chi connectivity index (χ0) is 12.8. The van der Waals surface area contributed by atoms with Crippen molar-refractivity contribution in [2.24, 2.45) is 5.92 Å². The summed E-state index contributed by atoms with van der Waals surface area (Å²) in [6.07, 6.45) is 3.57. The number of carbonyl (C=O) groups is 2. The molecular formula is C12H21NO3S. The highest BCUT2D eigenvalue weighted by molar-refractivity contribution is 8.00. The fourth-order valence-corrected chi connectivity index (χ4v) is 3.11. The van der Waals surface area contributed by atoms with Crippen molar-refractivity contribution < 1.29 is 14.7 Å². The summed E-state index contributed by atoms with van der Waals surface area (Å²) in [6.45, 7) is 3.91. The van der Waals surface area contributed by atoms with Crippen LogP contribution in [0.3, 0.4) is 0 Å². The molecule has 1 fully saturated rings. The summed E-state index contributed by atoms with van der Waals surface area (Å²) in [7, 11) is 0. The third-order valence-electron chi connectivity index (χ3n) is 2.79. The first-order valence-electron chi connectivity index (χ1n) is 6.15. The highest BCUT2D eigenvalue weighted by Crippen LogP contribution is 2.25. The number of aliphatic carboxylic acids is 1. The number of carbonyl (C=O) groups excluding carboxylic acids is 1. The van der Waals surface area contributed by atoms with Crippen molar-refractivity contribution in [2.45, 2.75) is 50.8 Å². The highest BCUT2D eigenvalue weighted by atomic mass is 32.2. The molecule has 1 rings (SSSR count). The van der Waals surface area contributed by atoms with Gasteiger partial charge in [0.15, 0.2) is 0 Å². The van der Waals surface area contributed by atoms with Gasteiger partial charge in [-0.3, -0.25) is 4.79 Å². The molecule has 0 aliphatic carbocycles. The van der Waals surface area contributed by atoms with Gasteiger partial charge in [-0.1, -0.05) is 20.3 Å². The summed E-state index contributed by atoms with van der Waals surface area (Å²) in [5.74, 6) is 0.214. The molecule has 0 aromatic rings. The van der Waals surface area contributed by atoms with E-state index >= 15 is 0 Å². The largest absolute Gasteiger partial charge is 0.480 e. The lowest BCUT2D eigenvalue weighted by molar-refractivity contribution is -0.142. The fourth-order valence-electron chi connectivity index (χ4n) is 1.91. The van der Waals surface area contributed by atoms with E-state index in [1.54, 1.807) is 11.8 Å². The SMILES string of the molecule is CC(C)C[C@H](NC(=O)C1CCCCS1)C(=O)O. The van der Waals surface area contributed by atoms with Gasteiger partial charge >= 0.3 is 5.97 Å². The molecule has 2 N–H and O–H groups in total. The maximum atomic E-state index is 11.9. The Morgan fingerprint density at radius 1 is 1.41 bits per heavy atom. The molecule has 1 aliphatic heterocycles. The second-order valence-electron chi connectivity index (χ2n) is 4.88. The number of thioether (sulfide) groups is 1. The van der Waals surface area contributed by atoms with Crippen molar-refractivity contribution in [1.29, 1.82) is 0 Å². The van der Waals surface area contributed by atoms with Gasteiger partial charge in [0, 0.05) is 0 Å². The number of hydrogen-bond donors (Lipinski definition) is 2. The fraction of sp³-hybridized carbons (Fsp3) is 0.833. The molecule has 1 heterocycles. The summed E-state index contributed by atoms with van der Waals surface area (Å²) < 4.78 is 0. The lowest BCUT2D eigenvalue weighted by atomic mass is 10.0. The summed E-state index contributed by atoms with van der Waals surface area (Å²) in [5, 5.41) is 11.6. The van der Waals surface area contributed by atoms with Crippen LogP contribution in [0.2, 0.25) is 0 Å². The van der Waals surface area contributed by atoms with Crippen molar-refractivity contribution in [1.82, 2.24) is 5.32 Å². The molecule has 0 aromatic heterocycles. The Balaban J connectivity index is 2.47. The predicted octanol–water partition coefficient (Wildman–Crippen LogP) is 1.89. The average molecular weight is 259 g/mol. The number of amides is 1. The number of nitrogens with one attached hydrogen (secondary N) is 1. The summed E-state index contributed by atoms with van der Waals surface area (Å²) >= 11 is 1.64. The molecule has 1 saturated heterocycles. The lowest BCUT2D eigenvalue weighted by Crippen LogP contribution is -2.45. The van der Waals surface area contributed by atoms with Crippen LogP contribution >= 0.6 is 11.8 Å². The van der Waals surface area contributed by atoms with Gasteiger partial charge in [-0.2, -0.15) is 0 Å². The van der Waals surface area contributed by atoms with Crippen LogP contribution in [0.25, 0.3) is 0 Å². The van der Waals surface area contributed by atoms with Gasteiger partial charge in [-0.05, 0) is 30.9 Å². The van der Waals surface area contributed by atoms with Gasteiger partial charge in [-0.25, -0.2) is 4.79 Å². The van der Waals surface area contributed by atoms with Crippen molar-refractivity contribution in [2.75, 3.05) is 5.75 Å². The normalized spacial score (nSPS) is 22.2. The van der Waals surface area contributed by atoms with E-state index in [1.165, 1.54) is 0 Å². The van der Waals surface area contributed by atoms with Crippen LogP contribution in [0.5, 0.6) is 0 Å². The number of carboxylic acid groups (broad SMARTS) is 1. The smallest absolute Gasteiger partial charge is 0.326 e. The minimum atomic E-state index is -0.937. The van der Waals surface area contributed by atoms with E-state index in [0.717, 1.165) is 25.0 Å². The Morgan fingerprint density at radius 2 is 2.12 bits per heavy atom. The van der Waals surface area contributed by atoms with Crippen LogP contribution < -0.4 is 5.32 Å². The van der Waals surface area contributed by atoms with E-state index in [4.69, 9.17) is 5.11 Å². The van der Waals surface area contributed by atoms with E-state index in [1.807, 2.05) is 13.8 Å². The molecule has 4 nitrogen and oxygen atoms in total. The maximum Gasteiger partial charge on any atom is 0.326 e. The molecule has 2 atom stereocenters. The van der Waals surface area contributed by atoms with Gasteiger partial charge in [0.25, 0.3) is 0 Å². The first-order chi connectivity index (χ1) is 8.00. The van der Waals surface area contributed by atoms with Gasteiger partial charge in [0.05, 0.1) is 5.25 Å².